The number of aliphatic carboxylic acids is 1. The number of ether oxygens (including phenoxy) is 1. The number of para-hydroxylation sites is 1. The van der Waals surface area contributed by atoms with Gasteiger partial charge >= 0.3 is 5.97 Å². The summed E-state index contributed by atoms with van der Waals surface area (Å²) in [5.74, 6) is -0.429. The van der Waals surface area contributed by atoms with Gasteiger partial charge in [-0.2, -0.15) is 0 Å². The fourth-order valence-corrected chi connectivity index (χ4v) is 1.98. The van der Waals surface area contributed by atoms with Crippen LogP contribution < -0.4 is 4.74 Å². The van der Waals surface area contributed by atoms with Gasteiger partial charge in [-0.25, -0.2) is 4.68 Å². The highest BCUT2D eigenvalue weighted by molar-refractivity contribution is 6.32. The van der Waals surface area contributed by atoms with Gasteiger partial charge in [0.1, 0.15) is 18.9 Å². The number of carboxylic acids is 1. The Bertz CT molecular complexity index is 721. The van der Waals surface area contributed by atoms with E-state index in [1.54, 1.807) is 24.3 Å². The molecule has 128 valence electrons. The van der Waals surface area contributed by atoms with Gasteiger partial charge in [0.05, 0.1) is 11.4 Å². The standard InChI is InChI=1S/C14H16ClN5O4/c1-19(7-6-14(22)23)13(21)8-20-12(16-17-18-20)9-24-11-5-3-2-4-10(11)15/h2-5H,6-9H2,1H3,(H,22,23). The number of halogens is 1. The number of hydrogen-bond acceptors (Lipinski definition) is 6. The number of amides is 1. The molecule has 1 amide bonds. The minimum atomic E-state index is -0.967. The highest BCUT2D eigenvalue weighted by Crippen LogP contribution is 2.23. The second-order valence-corrected chi connectivity index (χ2v) is 5.34. The molecular weight excluding hydrogens is 338 g/mol. The van der Waals surface area contributed by atoms with Crippen molar-refractivity contribution < 1.29 is 19.4 Å². The normalized spacial score (nSPS) is 10.4. The van der Waals surface area contributed by atoms with Crippen LogP contribution in [0.15, 0.2) is 24.3 Å². The van der Waals surface area contributed by atoms with Crippen molar-refractivity contribution in [1.29, 1.82) is 0 Å². The third-order valence-electron chi connectivity index (χ3n) is 3.17. The van der Waals surface area contributed by atoms with E-state index in [2.05, 4.69) is 15.5 Å². The summed E-state index contributed by atoms with van der Waals surface area (Å²) in [6.07, 6.45) is -0.125. The van der Waals surface area contributed by atoms with E-state index >= 15 is 0 Å². The van der Waals surface area contributed by atoms with Crippen LogP contribution in [0.5, 0.6) is 5.75 Å². The zero-order valence-electron chi connectivity index (χ0n) is 12.9. The first kappa shape index (κ1) is 17.7. The predicted octanol–water partition coefficient (Wildman–Crippen LogP) is 0.839. The summed E-state index contributed by atoms with van der Waals surface area (Å²) >= 11 is 6.00. The van der Waals surface area contributed by atoms with Crippen LogP contribution >= 0.6 is 11.6 Å². The lowest BCUT2D eigenvalue weighted by molar-refractivity contribution is -0.138. The summed E-state index contributed by atoms with van der Waals surface area (Å²) in [6, 6.07) is 6.97. The molecule has 0 aliphatic rings. The number of rotatable bonds is 8. The third-order valence-corrected chi connectivity index (χ3v) is 3.48. The van der Waals surface area contributed by atoms with Crippen LogP contribution in [-0.2, 0) is 22.7 Å². The Kier molecular flexibility index (Phi) is 6.07. The Labute approximate surface area is 142 Å². The van der Waals surface area contributed by atoms with E-state index in [1.807, 2.05) is 0 Å². The molecule has 0 saturated carbocycles. The van der Waals surface area contributed by atoms with Crippen LogP contribution in [0, 0.1) is 0 Å². The zero-order valence-corrected chi connectivity index (χ0v) is 13.7. The summed E-state index contributed by atoms with van der Waals surface area (Å²) in [5, 5.41) is 20.2. The Morgan fingerprint density at radius 3 is 2.83 bits per heavy atom. The van der Waals surface area contributed by atoms with Crippen molar-refractivity contribution in [3.63, 3.8) is 0 Å². The molecule has 0 fully saturated rings. The number of likely N-dealkylation sites (N-methyl/N-ethyl adjacent to an activating group) is 1. The highest BCUT2D eigenvalue weighted by Gasteiger charge is 2.15. The summed E-state index contributed by atoms with van der Waals surface area (Å²) in [4.78, 5) is 23.9. The molecule has 1 aromatic carbocycles. The Balaban J connectivity index is 1.94. The van der Waals surface area contributed by atoms with Crippen molar-refractivity contribution in [2.75, 3.05) is 13.6 Å². The molecule has 1 N–H and O–H groups in total. The van der Waals surface area contributed by atoms with Gasteiger partial charge in [-0.05, 0) is 22.6 Å². The van der Waals surface area contributed by atoms with Gasteiger partial charge in [-0.1, -0.05) is 23.7 Å². The largest absolute Gasteiger partial charge is 0.484 e. The molecular formula is C14H16ClN5O4. The molecule has 0 aliphatic heterocycles. The molecule has 0 atom stereocenters. The number of hydrogen-bond donors (Lipinski definition) is 1. The first-order chi connectivity index (χ1) is 11.5. The number of carboxylic acid groups (broad SMARTS) is 1. The summed E-state index contributed by atoms with van der Waals surface area (Å²) in [5.41, 5.74) is 0. The average Bonchev–Trinajstić information content (AvgIpc) is 2.98. The van der Waals surface area contributed by atoms with Crippen molar-refractivity contribution in [3.8, 4) is 5.75 Å². The van der Waals surface area contributed by atoms with Gasteiger partial charge < -0.3 is 14.7 Å². The number of nitrogens with zero attached hydrogens (tertiary/aromatic N) is 5. The van der Waals surface area contributed by atoms with E-state index in [-0.39, 0.29) is 32.0 Å². The molecule has 0 radical (unpaired) electrons. The molecule has 2 aromatic rings. The molecule has 0 saturated heterocycles. The lowest BCUT2D eigenvalue weighted by Crippen LogP contribution is -2.33. The van der Waals surface area contributed by atoms with E-state index in [9.17, 15) is 9.59 Å². The minimum Gasteiger partial charge on any atom is -0.484 e. The number of carbonyl (C=O) groups is 2. The Morgan fingerprint density at radius 1 is 1.38 bits per heavy atom. The van der Waals surface area contributed by atoms with E-state index in [0.717, 1.165) is 0 Å². The molecule has 1 heterocycles. The molecule has 0 spiro atoms. The van der Waals surface area contributed by atoms with E-state index in [0.29, 0.717) is 16.6 Å². The maximum Gasteiger partial charge on any atom is 0.305 e. The Morgan fingerprint density at radius 2 is 2.12 bits per heavy atom. The van der Waals surface area contributed by atoms with Crippen LogP contribution in [0.3, 0.4) is 0 Å². The van der Waals surface area contributed by atoms with Gasteiger partial charge in [-0.3, -0.25) is 9.59 Å². The van der Waals surface area contributed by atoms with Crippen molar-refractivity contribution in [2.24, 2.45) is 0 Å². The van der Waals surface area contributed by atoms with Crippen LogP contribution in [0.25, 0.3) is 0 Å². The number of tetrazole rings is 1. The fourth-order valence-electron chi connectivity index (χ4n) is 1.79. The minimum absolute atomic E-state index is 0.0445. The second kappa shape index (κ2) is 8.25. The maximum atomic E-state index is 12.1. The molecule has 9 nitrogen and oxygen atoms in total. The first-order valence-electron chi connectivity index (χ1n) is 7.05. The van der Waals surface area contributed by atoms with Gasteiger partial charge in [-0.15, -0.1) is 5.10 Å². The Hall–Kier alpha value is -2.68. The zero-order chi connectivity index (χ0) is 17.5. The van der Waals surface area contributed by atoms with Crippen molar-refractivity contribution in [1.82, 2.24) is 25.1 Å². The third kappa shape index (κ3) is 4.92. The van der Waals surface area contributed by atoms with E-state index in [4.69, 9.17) is 21.4 Å². The smallest absolute Gasteiger partial charge is 0.305 e. The maximum absolute atomic E-state index is 12.1. The predicted molar refractivity (Wildman–Crippen MR) is 83.5 cm³/mol. The highest BCUT2D eigenvalue weighted by atomic mass is 35.5. The summed E-state index contributed by atoms with van der Waals surface area (Å²) < 4.78 is 6.85. The van der Waals surface area contributed by atoms with Crippen molar-refractivity contribution >= 4 is 23.5 Å². The van der Waals surface area contributed by atoms with Crippen LogP contribution in [0.2, 0.25) is 5.02 Å². The molecule has 0 bridgehead atoms. The second-order valence-electron chi connectivity index (χ2n) is 4.93. The van der Waals surface area contributed by atoms with Crippen molar-refractivity contribution in [3.05, 3.63) is 35.1 Å². The molecule has 10 heteroatoms. The monoisotopic (exact) mass is 353 g/mol. The topological polar surface area (TPSA) is 110 Å². The van der Waals surface area contributed by atoms with Gasteiger partial charge in [0.2, 0.25) is 5.91 Å². The number of benzene rings is 1. The average molecular weight is 354 g/mol. The van der Waals surface area contributed by atoms with Crippen LogP contribution in [-0.4, -0.2) is 55.7 Å². The summed E-state index contributed by atoms with van der Waals surface area (Å²) in [6.45, 7) is 0.0505. The SMILES string of the molecule is CN(CCC(=O)O)C(=O)Cn1nnnc1COc1ccccc1Cl. The van der Waals surface area contributed by atoms with Gasteiger partial charge in [0.25, 0.3) is 0 Å². The van der Waals surface area contributed by atoms with E-state index in [1.165, 1.54) is 16.6 Å². The fraction of sp³-hybridized carbons (Fsp3) is 0.357. The molecule has 24 heavy (non-hydrogen) atoms. The number of carbonyl (C=O) groups excluding carboxylic acids is 1. The first-order valence-corrected chi connectivity index (χ1v) is 7.43. The molecule has 0 unspecified atom stereocenters. The molecule has 0 aliphatic carbocycles. The molecule has 1 aromatic heterocycles. The summed E-state index contributed by atoms with van der Waals surface area (Å²) in [7, 11) is 1.52. The van der Waals surface area contributed by atoms with Crippen LogP contribution in [0.1, 0.15) is 12.2 Å². The quantitative estimate of drug-likeness (QED) is 0.748. The molecule has 2 rings (SSSR count). The van der Waals surface area contributed by atoms with Crippen LogP contribution in [0.4, 0.5) is 0 Å². The lowest BCUT2D eigenvalue weighted by atomic mass is 10.3. The van der Waals surface area contributed by atoms with Gasteiger partial charge in [0.15, 0.2) is 5.82 Å². The van der Waals surface area contributed by atoms with E-state index < -0.39 is 5.97 Å². The number of aromatic nitrogens is 4. The lowest BCUT2D eigenvalue weighted by Gasteiger charge is -2.16. The van der Waals surface area contributed by atoms with Gasteiger partial charge in [0, 0.05) is 13.6 Å². The van der Waals surface area contributed by atoms with Crippen molar-refractivity contribution in [2.45, 2.75) is 19.6 Å².